The minimum atomic E-state index is 0.254. The van der Waals surface area contributed by atoms with Crippen LogP contribution in [-0.2, 0) is 0 Å². The molecule has 4 nitrogen and oxygen atoms in total. The van der Waals surface area contributed by atoms with Crippen LogP contribution >= 0.6 is 0 Å². The highest BCUT2D eigenvalue weighted by atomic mass is 16.5. The fraction of sp³-hybridized carbons (Fsp3) is 0.412. The maximum absolute atomic E-state index is 6.02. The van der Waals surface area contributed by atoms with Crippen molar-refractivity contribution in [1.82, 2.24) is 9.97 Å². The minimum absolute atomic E-state index is 0.254. The van der Waals surface area contributed by atoms with E-state index in [1.165, 1.54) is 12.8 Å². The fourth-order valence-corrected chi connectivity index (χ4v) is 2.16. The molecule has 1 aromatic carbocycles. The molecule has 1 aromatic heterocycles. The smallest absolute Gasteiger partial charge is 0.133 e. The Morgan fingerprint density at radius 1 is 1.14 bits per heavy atom. The first-order valence-electron chi connectivity index (χ1n) is 7.45. The van der Waals surface area contributed by atoms with Crippen LogP contribution in [0.15, 0.2) is 24.3 Å². The van der Waals surface area contributed by atoms with Gasteiger partial charge in [0.05, 0.1) is 11.8 Å². The molecule has 4 heteroatoms. The van der Waals surface area contributed by atoms with Crippen molar-refractivity contribution < 1.29 is 4.74 Å². The van der Waals surface area contributed by atoms with Crippen LogP contribution in [0.1, 0.15) is 44.0 Å². The largest absolute Gasteiger partial charge is 0.490 e. The molecule has 0 aliphatic heterocycles. The number of nitrogen functional groups attached to an aromatic ring is 1. The molecule has 0 radical (unpaired) electrons. The van der Waals surface area contributed by atoms with Gasteiger partial charge in [-0.2, -0.15) is 0 Å². The average molecular weight is 283 g/mol. The minimum Gasteiger partial charge on any atom is -0.490 e. The third-order valence-corrected chi connectivity index (χ3v) is 3.67. The molecule has 1 aliphatic carbocycles. The summed E-state index contributed by atoms with van der Waals surface area (Å²) in [7, 11) is 0. The lowest BCUT2D eigenvalue weighted by Gasteiger charge is -2.12. The maximum atomic E-state index is 6.02. The van der Waals surface area contributed by atoms with Crippen molar-refractivity contribution in [3.63, 3.8) is 0 Å². The summed E-state index contributed by atoms with van der Waals surface area (Å²) in [4.78, 5) is 9.04. The topological polar surface area (TPSA) is 61.0 Å². The van der Waals surface area contributed by atoms with Gasteiger partial charge in [-0.15, -0.1) is 0 Å². The van der Waals surface area contributed by atoms with Gasteiger partial charge in [0.25, 0.3) is 0 Å². The third kappa shape index (κ3) is 2.99. The summed E-state index contributed by atoms with van der Waals surface area (Å²) in [5.41, 5.74) is 8.91. The molecule has 0 unspecified atom stereocenters. The number of nitrogens with zero attached hydrogens (tertiary/aromatic N) is 2. The first-order chi connectivity index (χ1) is 10.0. The Morgan fingerprint density at radius 2 is 1.81 bits per heavy atom. The van der Waals surface area contributed by atoms with E-state index < -0.39 is 0 Å². The molecular weight excluding hydrogens is 262 g/mol. The van der Waals surface area contributed by atoms with Gasteiger partial charge in [-0.1, -0.05) is 13.8 Å². The van der Waals surface area contributed by atoms with E-state index in [0.29, 0.717) is 11.9 Å². The molecule has 110 valence electrons. The number of anilines is 1. The molecule has 1 heterocycles. The van der Waals surface area contributed by atoms with Crippen molar-refractivity contribution in [1.29, 1.82) is 0 Å². The molecule has 2 N–H and O–H groups in total. The molecule has 0 saturated heterocycles. The van der Waals surface area contributed by atoms with Crippen LogP contribution in [0.2, 0.25) is 0 Å². The lowest BCUT2D eigenvalue weighted by atomic mass is 10.1. The van der Waals surface area contributed by atoms with Crippen LogP contribution in [0.25, 0.3) is 11.3 Å². The average Bonchev–Trinajstić information content (AvgIpc) is 3.26. The lowest BCUT2D eigenvalue weighted by molar-refractivity contribution is 0.303. The molecule has 0 bridgehead atoms. The summed E-state index contributed by atoms with van der Waals surface area (Å²) in [6.07, 6.45) is 2.75. The van der Waals surface area contributed by atoms with E-state index in [2.05, 4.69) is 23.8 Å². The Bertz CT molecular complexity index is 646. The van der Waals surface area contributed by atoms with Crippen LogP contribution in [0.3, 0.4) is 0 Å². The monoisotopic (exact) mass is 283 g/mol. The normalized spacial score (nSPS) is 14.5. The summed E-state index contributed by atoms with van der Waals surface area (Å²) in [5.74, 6) is 2.52. The molecule has 1 aliphatic rings. The zero-order valence-corrected chi connectivity index (χ0v) is 12.8. The predicted molar refractivity (Wildman–Crippen MR) is 84.4 cm³/mol. The van der Waals surface area contributed by atoms with Crippen LogP contribution in [0.4, 0.5) is 5.82 Å². The molecule has 2 aromatic rings. The SMILES string of the molecule is Cc1c(N)nc(C(C)C)nc1-c1ccc(OC2CC2)cc1. The number of aromatic nitrogens is 2. The highest BCUT2D eigenvalue weighted by Gasteiger charge is 2.23. The van der Waals surface area contributed by atoms with E-state index >= 15 is 0 Å². The highest BCUT2D eigenvalue weighted by Crippen LogP contribution is 2.30. The molecular formula is C17H21N3O. The number of hydrogen-bond acceptors (Lipinski definition) is 4. The number of hydrogen-bond donors (Lipinski definition) is 1. The summed E-state index contributed by atoms with van der Waals surface area (Å²) in [6.45, 7) is 6.10. The quantitative estimate of drug-likeness (QED) is 0.929. The molecule has 21 heavy (non-hydrogen) atoms. The van der Waals surface area contributed by atoms with Crippen molar-refractivity contribution in [2.75, 3.05) is 5.73 Å². The standard InChI is InChI=1S/C17H21N3O/c1-10(2)17-19-15(11(3)16(18)20-17)12-4-6-13(7-5-12)21-14-8-9-14/h4-7,10,14H,8-9H2,1-3H3,(H2,18,19,20). The van der Waals surface area contributed by atoms with E-state index in [1.807, 2.05) is 31.2 Å². The predicted octanol–water partition coefficient (Wildman–Crippen LogP) is 3.70. The molecule has 1 saturated carbocycles. The van der Waals surface area contributed by atoms with Crippen molar-refractivity contribution in [2.45, 2.75) is 45.6 Å². The Kier molecular flexibility index (Phi) is 3.53. The third-order valence-electron chi connectivity index (χ3n) is 3.67. The van der Waals surface area contributed by atoms with Crippen molar-refractivity contribution in [3.05, 3.63) is 35.7 Å². The zero-order chi connectivity index (χ0) is 15.0. The maximum Gasteiger partial charge on any atom is 0.133 e. The van der Waals surface area contributed by atoms with Gasteiger partial charge in [0.1, 0.15) is 17.4 Å². The second-order valence-corrected chi connectivity index (χ2v) is 5.94. The zero-order valence-electron chi connectivity index (χ0n) is 12.8. The van der Waals surface area contributed by atoms with Crippen molar-refractivity contribution in [3.8, 4) is 17.0 Å². The molecule has 0 atom stereocenters. The molecule has 0 spiro atoms. The van der Waals surface area contributed by atoms with E-state index in [1.54, 1.807) is 0 Å². The summed E-state index contributed by atoms with van der Waals surface area (Å²) in [6, 6.07) is 8.08. The van der Waals surface area contributed by atoms with Crippen molar-refractivity contribution in [2.24, 2.45) is 0 Å². The fourth-order valence-electron chi connectivity index (χ4n) is 2.16. The van der Waals surface area contributed by atoms with E-state index in [-0.39, 0.29) is 5.92 Å². The van der Waals surface area contributed by atoms with Gasteiger partial charge in [-0.25, -0.2) is 9.97 Å². The van der Waals surface area contributed by atoms with Gasteiger partial charge >= 0.3 is 0 Å². The molecule has 0 amide bonds. The Morgan fingerprint density at radius 3 is 2.38 bits per heavy atom. The Hall–Kier alpha value is -2.10. The summed E-state index contributed by atoms with van der Waals surface area (Å²) in [5, 5.41) is 0. The van der Waals surface area contributed by atoms with E-state index in [0.717, 1.165) is 28.4 Å². The van der Waals surface area contributed by atoms with Crippen LogP contribution < -0.4 is 10.5 Å². The van der Waals surface area contributed by atoms with Crippen molar-refractivity contribution >= 4 is 5.82 Å². The van der Waals surface area contributed by atoms with E-state index in [9.17, 15) is 0 Å². The summed E-state index contributed by atoms with van der Waals surface area (Å²) < 4.78 is 5.77. The Balaban J connectivity index is 1.94. The van der Waals surface area contributed by atoms with Gasteiger partial charge in [-0.3, -0.25) is 0 Å². The lowest BCUT2D eigenvalue weighted by Crippen LogP contribution is -2.06. The van der Waals surface area contributed by atoms with E-state index in [4.69, 9.17) is 10.5 Å². The second-order valence-electron chi connectivity index (χ2n) is 5.94. The van der Waals surface area contributed by atoms with Gasteiger partial charge in [0, 0.05) is 17.0 Å². The molecule has 1 fully saturated rings. The van der Waals surface area contributed by atoms with Crippen LogP contribution in [0.5, 0.6) is 5.75 Å². The highest BCUT2D eigenvalue weighted by molar-refractivity contribution is 5.67. The summed E-state index contributed by atoms with van der Waals surface area (Å²) >= 11 is 0. The van der Waals surface area contributed by atoms with Crippen LogP contribution in [-0.4, -0.2) is 16.1 Å². The van der Waals surface area contributed by atoms with Gasteiger partial charge in [0.2, 0.25) is 0 Å². The first kappa shape index (κ1) is 13.9. The second kappa shape index (κ2) is 5.35. The number of nitrogens with two attached hydrogens (primary N) is 1. The Labute approximate surface area is 125 Å². The molecule has 3 rings (SSSR count). The first-order valence-corrected chi connectivity index (χ1v) is 7.45. The number of rotatable bonds is 4. The number of benzene rings is 1. The van der Waals surface area contributed by atoms with Gasteiger partial charge in [0.15, 0.2) is 0 Å². The number of ether oxygens (including phenoxy) is 1. The van der Waals surface area contributed by atoms with Gasteiger partial charge < -0.3 is 10.5 Å². The van der Waals surface area contributed by atoms with Gasteiger partial charge in [-0.05, 0) is 44.0 Å². The van der Waals surface area contributed by atoms with Crippen LogP contribution in [0, 0.1) is 6.92 Å².